The number of hydrogen-bond acceptors (Lipinski definition) is 6. The Bertz CT molecular complexity index is 1290. The van der Waals surface area contributed by atoms with E-state index in [0.29, 0.717) is 67.8 Å². The summed E-state index contributed by atoms with van der Waals surface area (Å²) >= 11 is 6.23. The van der Waals surface area contributed by atoms with E-state index in [-0.39, 0.29) is 18.2 Å². The lowest BCUT2D eigenvalue weighted by molar-refractivity contribution is -0.141. The molecule has 39 heavy (non-hydrogen) atoms. The summed E-state index contributed by atoms with van der Waals surface area (Å²) in [6, 6.07) is 15.5. The van der Waals surface area contributed by atoms with Gasteiger partial charge in [-0.1, -0.05) is 59.9 Å². The van der Waals surface area contributed by atoms with E-state index in [1.165, 1.54) is 5.56 Å². The summed E-state index contributed by atoms with van der Waals surface area (Å²) < 4.78 is 11.3. The van der Waals surface area contributed by atoms with Crippen molar-refractivity contribution in [2.75, 3.05) is 26.2 Å². The highest BCUT2D eigenvalue weighted by Crippen LogP contribution is 2.38. The minimum atomic E-state index is -0.436. The lowest BCUT2D eigenvalue weighted by atomic mass is 9.73. The topological polar surface area (TPSA) is 97.6 Å². The van der Waals surface area contributed by atoms with Gasteiger partial charge >= 0.3 is 0 Å². The number of hydrogen-bond donors (Lipinski definition) is 1. The maximum atomic E-state index is 13.4. The van der Waals surface area contributed by atoms with Crippen LogP contribution in [0.2, 0.25) is 5.02 Å². The van der Waals surface area contributed by atoms with Gasteiger partial charge in [-0.3, -0.25) is 9.59 Å². The Morgan fingerprint density at radius 3 is 2.67 bits per heavy atom. The van der Waals surface area contributed by atoms with Gasteiger partial charge in [0.05, 0.1) is 17.0 Å². The zero-order chi connectivity index (χ0) is 27.1. The first-order chi connectivity index (χ1) is 19.0. The fourth-order valence-corrected chi connectivity index (χ4v) is 5.80. The molecule has 1 aromatic heterocycles. The number of fused-ring (bicyclic) bond motifs is 1. The molecule has 0 radical (unpaired) electrons. The Hall–Kier alpha value is -3.39. The van der Waals surface area contributed by atoms with Gasteiger partial charge in [0.15, 0.2) is 0 Å². The number of benzene rings is 2. The quantitative estimate of drug-likeness (QED) is 0.477. The zero-order valence-corrected chi connectivity index (χ0v) is 22.9. The molecule has 0 bridgehead atoms. The number of likely N-dealkylation sites (tertiary alicyclic amines) is 1. The van der Waals surface area contributed by atoms with Crippen molar-refractivity contribution in [3.8, 4) is 17.1 Å². The molecular weight excluding hydrogens is 516 g/mol. The van der Waals surface area contributed by atoms with Crippen LogP contribution >= 0.6 is 11.6 Å². The van der Waals surface area contributed by atoms with Crippen LogP contribution in [0, 0.1) is 5.41 Å². The van der Waals surface area contributed by atoms with Crippen LogP contribution in [0.5, 0.6) is 5.75 Å². The molecule has 0 atom stereocenters. The summed E-state index contributed by atoms with van der Waals surface area (Å²) in [7, 11) is 0. The van der Waals surface area contributed by atoms with Crippen LogP contribution in [0.25, 0.3) is 11.4 Å². The lowest BCUT2D eigenvalue weighted by Crippen LogP contribution is -2.50. The largest absolute Gasteiger partial charge is 0.491 e. The molecule has 0 saturated carbocycles. The second-order valence-electron chi connectivity index (χ2n) is 10.4. The van der Waals surface area contributed by atoms with E-state index in [0.717, 1.165) is 37.9 Å². The van der Waals surface area contributed by atoms with Crippen LogP contribution < -0.4 is 10.1 Å². The smallest absolute Gasteiger partial charge is 0.227 e. The molecule has 2 aliphatic heterocycles. The van der Waals surface area contributed by atoms with Crippen molar-refractivity contribution in [3.05, 3.63) is 65.0 Å². The average Bonchev–Trinajstić information content (AvgIpc) is 3.43. The fraction of sp³-hybridized carbons (Fsp3) is 0.467. The monoisotopic (exact) mass is 550 g/mol. The van der Waals surface area contributed by atoms with Crippen LogP contribution in [0.4, 0.5) is 0 Å². The van der Waals surface area contributed by atoms with E-state index < -0.39 is 5.41 Å². The molecule has 3 heterocycles. The molecule has 5 rings (SSSR count). The average molecular weight is 551 g/mol. The molecule has 1 N–H and O–H groups in total. The molecule has 2 amide bonds. The van der Waals surface area contributed by atoms with Crippen molar-refractivity contribution in [1.82, 2.24) is 20.4 Å². The molecule has 3 aromatic rings. The number of piperidine rings is 1. The Kier molecular flexibility index (Phi) is 8.81. The molecule has 8 nitrogen and oxygen atoms in total. The van der Waals surface area contributed by atoms with Gasteiger partial charge in [0.2, 0.25) is 23.5 Å². The Morgan fingerprint density at radius 2 is 1.82 bits per heavy atom. The Balaban J connectivity index is 1.14. The summed E-state index contributed by atoms with van der Waals surface area (Å²) in [4.78, 5) is 32.6. The minimum Gasteiger partial charge on any atom is -0.491 e. The Labute approximate surface area is 234 Å². The maximum Gasteiger partial charge on any atom is 0.227 e. The standard InChI is InChI=1S/C30H35ClN4O4/c31-24-11-5-4-10-23(24)28-33-26(39-34-28)13-14-27(36)35-19-16-30(17-20-35)15-7-1-2-8-22-9-3-6-12-25(22)38-21-18-32-29(30)37/h3-6,9-12H,1-2,7-8,13-21H2,(H,32,37). The molecule has 2 aliphatic rings. The number of ether oxygens (including phenoxy) is 1. The maximum absolute atomic E-state index is 13.4. The fourth-order valence-electron chi connectivity index (χ4n) is 5.57. The molecule has 1 saturated heterocycles. The molecule has 0 aliphatic carbocycles. The molecular formula is C30H35ClN4O4. The van der Waals surface area contributed by atoms with Gasteiger partial charge in [0.25, 0.3) is 0 Å². The molecule has 0 unspecified atom stereocenters. The van der Waals surface area contributed by atoms with Gasteiger partial charge in [-0.2, -0.15) is 4.98 Å². The number of aromatic nitrogens is 2. The molecule has 206 valence electrons. The third-order valence-corrected chi connectivity index (χ3v) is 8.24. The third kappa shape index (κ3) is 6.61. The van der Waals surface area contributed by atoms with Gasteiger partial charge < -0.3 is 19.5 Å². The zero-order valence-electron chi connectivity index (χ0n) is 22.2. The summed E-state index contributed by atoms with van der Waals surface area (Å²) in [5.41, 5.74) is 1.49. The van der Waals surface area contributed by atoms with Crippen molar-refractivity contribution in [1.29, 1.82) is 0 Å². The van der Waals surface area contributed by atoms with E-state index in [4.69, 9.17) is 20.9 Å². The highest BCUT2D eigenvalue weighted by Gasteiger charge is 2.41. The number of rotatable bonds is 4. The van der Waals surface area contributed by atoms with Crippen LogP contribution in [0.3, 0.4) is 0 Å². The van der Waals surface area contributed by atoms with E-state index >= 15 is 0 Å². The summed E-state index contributed by atoms with van der Waals surface area (Å²) in [6.45, 7) is 2.06. The van der Waals surface area contributed by atoms with Gasteiger partial charge in [0.1, 0.15) is 12.4 Å². The van der Waals surface area contributed by atoms with Crippen molar-refractivity contribution in [2.24, 2.45) is 5.41 Å². The van der Waals surface area contributed by atoms with Crippen LogP contribution in [0.15, 0.2) is 53.1 Å². The number of nitrogens with zero attached hydrogens (tertiary/aromatic N) is 3. The summed E-state index contributed by atoms with van der Waals surface area (Å²) in [5.74, 6) is 1.86. The van der Waals surface area contributed by atoms with E-state index in [1.807, 2.05) is 41.3 Å². The van der Waals surface area contributed by atoms with Gasteiger partial charge in [-0.25, -0.2) is 0 Å². The third-order valence-electron chi connectivity index (χ3n) is 7.91. The first-order valence-electron chi connectivity index (χ1n) is 13.9. The van der Waals surface area contributed by atoms with Crippen molar-refractivity contribution in [3.63, 3.8) is 0 Å². The highest BCUT2D eigenvalue weighted by molar-refractivity contribution is 6.33. The van der Waals surface area contributed by atoms with Gasteiger partial charge in [-0.15, -0.1) is 0 Å². The molecule has 1 spiro atoms. The van der Waals surface area contributed by atoms with Crippen LogP contribution in [-0.4, -0.2) is 53.1 Å². The number of carbonyl (C=O) groups excluding carboxylic acids is 2. The van der Waals surface area contributed by atoms with Crippen molar-refractivity contribution in [2.45, 2.75) is 57.8 Å². The predicted octanol–water partition coefficient (Wildman–Crippen LogP) is 5.24. The highest BCUT2D eigenvalue weighted by atomic mass is 35.5. The van der Waals surface area contributed by atoms with Crippen LogP contribution in [-0.2, 0) is 22.4 Å². The Morgan fingerprint density at radius 1 is 1.03 bits per heavy atom. The number of nitrogens with one attached hydrogen (secondary N) is 1. The van der Waals surface area contributed by atoms with E-state index in [2.05, 4.69) is 21.5 Å². The van der Waals surface area contributed by atoms with Gasteiger partial charge in [0, 0.05) is 31.5 Å². The van der Waals surface area contributed by atoms with E-state index in [9.17, 15) is 9.59 Å². The summed E-state index contributed by atoms with van der Waals surface area (Å²) in [6.07, 6.45) is 6.93. The predicted molar refractivity (Wildman–Crippen MR) is 148 cm³/mol. The molecule has 9 heteroatoms. The van der Waals surface area contributed by atoms with Crippen LogP contribution in [0.1, 0.15) is 56.4 Å². The first kappa shape index (κ1) is 27.2. The minimum absolute atomic E-state index is 0.0403. The normalized spacial score (nSPS) is 18.2. The van der Waals surface area contributed by atoms with Gasteiger partial charge in [-0.05, 0) is 55.9 Å². The molecule has 1 fully saturated rings. The first-order valence-corrected chi connectivity index (χ1v) is 14.3. The SMILES string of the molecule is O=C(CCc1nc(-c2ccccc2Cl)no1)N1CCC2(CCCCCc3ccccc3OCCNC2=O)CC1. The second kappa shape index (κ2) is 12.6. The number of para-hydroxylation sites is 1. The number of carbonyl (C=O) groups is 2. The van der Waals surface area contributed by atoms with E-state index in [1.54, 1.807) is 6.07 Å². The second-order valence-corrected chi connectivity index (χ2v) is 10.8. The lowest BCUT2D eigenvalue weighted by Gasteiger charge is -2.41. The number of aryl methyl sites for hydroxylation is 2. The molecule has 2 aromatic carbocycles. The number of amides is 2. The van der Waals surface area contributed by atoms with Crippen molar-refractivity contribution < 1.29 is 18.8 Å². The number of halogens is 1. The summed E-state index contributed by atoms with van der Waals surface area (Å²) in [5, 5.41) is 7.68. The van der Waals surface area contributed by atoms with Crippen molar-refractivity contribution >= 4 is 23.4 Å².